The van der Waals surface area contributed by atoms with Gasteiger partial charge in [-0.1, -0.05) is 0 Å². The molecule has 2 fully saturated rings. The van der Waals surface area contributed by atoms with E-state index < -0.39 is 0 Å². The molecule has 0 aromatic carbocycles. The summed E-state index contributed by atoms with van der Waals surface area (Å²) in [6, 6.07) is 0. The van der Waals surface area contributed by atoms with Crippen LogP contribution >= 0.6 is 0 Å². The second kappa shape index (κ2) is 2.76. The van der Waals surface area contributed by atoms with E-state index in [2.05, 4.69) is 0 Å². The number of nitrogens with two attached hydrogens (primary N) is 1. The summed E-state index contributed by atoms with van der Waals surface area (Å²) in [5.41, 5.74) is 5.83. The maximum absolute atomic E-state index is 5.95. The molecule has 1 aliphatic carbocycles. The Kier molecular flexibility index (Phi) is 1.90. The molecule has 0 radical (unpaired) electrons. The number of hydrogen-bond acceptors (Lipinski definition) is 2. The highest BCUT2D eigenvalue weighted by Crippen LogP contribution is 2.48. The molecule has 2 N–H and O–H groups in total. The van der Waals surface area contributed by atoms with Gasteiger partial charge in [-0.3, -0.25) is 0 Å². The highest BCUT2D eigenvalue weighted by Gasteiger charge is 2.46. The molecule has 2 rings (SSSR count). The van der Waals surface area contributed by atoms with Crippen LogP contribution in [0.4, 0.5) is 0 Å². The summed E-state index contributed by atoms with van der Waals surface area (Å²) in [5, 5.41) is 0. The Morgan fingerprint density at radius 2 is 2.18 bits per heavy atom. The van der Waals surface area contributed by atoms with Crippen molar-refractivity contribution in [3.05, 3.63) is 0 Å². The Hall–Kier alpha value is -0.0800. The summed E-state index contributed by atoms with van der Waals surface area (Å²) in [4.78, 5) is 0. The lowest BCUT2D eigenvalue weighted by atomic mass is 10.0. The van der Waals surface area contributed by atoms with E-state index in [4.69, 9.17) is 10.5 Å². The molecule has 1 unspecified atom stereocenters. The summed E-state index contributed by atoms with van der Waals surface area (Å²) in [7, 11) is 0. The molecule has 1 saturated carbocycles. The Labute approximate surface area is 68.1 Å². The molecule has 2 nitrogen and oxygen atoms in total. The van der Waals surface area contributed by atoms with E-state index in [1.54, 1.807) is 0 Å². The fourth-order valence-electron chi connectivity index (χ4n) is 2.02. The molecule has 1 saturated heterocycles. The standard InChI is InChI=1S/C9H17NO/c10-7-3-8-2-1-4-9(11-8)5-6-9/h8H,1-7,10H2. The minimum atomic E-state index is 0.345. The van der Waals surface area contributed by atoms with Crippen molar-refractivity contribution in [2.24, 2.45) is 5.73 Å². The third kappa shape index (κ3) is 1.57. The van der Waals surface area contributed by atoms with E-state index in [0.717, 1.165) is 13.0 Å². The maximum Gasteiger partial charge on any atom is 0.0688 e. The minimum absolute atomic E-state index is 0.345. The van der Waals surface area contributed by atoms with E-state index >= 15 is 0 Å². The van der Waals surface area contributed by atoms with Crippen LogP contribution in [-0.4, -0.2) is 18.2 Å². The SMILES string of the molecule is NCCC1CCCC2(CC2)O1. The molecule has 0 bridgehead atoms. The van der Waals surface area contributed by atoms with Gasteiger partial charge in [0.1, 0.15) is 0 Å². The van der Waals surface area contributed by atoms with Gasteiger partial charge >= 0.3 is 0 Å². The van der Waals surface area contributed by atoms with Crippen molar-refractivity contribution in [2.45, 2.75) is 50.2 Å². The van der Waals surface area contributed by atoms with Gasteiger partial charge in [-0.15, -0.1) is 0 Å². The van der Waals surface area contributed by atoms with E-state index in [1.165, 1.54) is 32.1 Å². The van der Waals surface area contributed by atoms with Gasteiger partial charge < -0.3 is 10.5 Å². The molecule has 0 aromatic rings. The summed E-state index contributed by atoms with van der Waals surface area (Å²) in [5.74, 6) is 0. The molecule has 2 aliphatic rings. The Morgan fingerprint density at radius 1 is 1.36 bits per heavy atom. The Bertz CT molecular complexity index is 140. The van der Waals surface area contributed by atoms with Crippen LogP contribution in [-0.2, 0) is 4.74 Å². The van der Waals surface area contributed by atoms with Crippen molar-refractivity contribution in [2.75, 3.05) is 6.54 Å². The molecule has 1 aliphatic heterocycles. The van der Waals surface area contributed by atoms with Gasteiger partial charge in [0.25, 0.3) is 0 Å². The van der Waals surface area contributed by atoms with E-state index in [0.29, 0.717) is 11.7 Å². The summed E-state index contributed by atoms with van der Waals surface area (Å²) >= 11 is 0. The van der Waals surface area contributed by atoms with Gasteiger partial charge in [0.05, 0.1) is 11.7 Å². The zero-order valence-corrected chi connectivity index (χ0v) is 7.01. The topological polar surface area (TPSA) is 35.2 Å². The van der Waals surface area contributed by atoms with Crippen LogP contribution in [0.2, 0.25) is 0 Å². The molecule has 2 heteroatoms. The number of hydrogen-bond donors (Lipinski definition) is 1. The lowest BCUT2D eigenvalue weighted by molar-refractivity contribution is -0.0689. The third-order valence-electron chi connectivity index (χ3n) is 2.87. The van der Waals surface area contributed by atoms with Gasteiger partial charge in [0, 0.05) is 0 Å². The fourth-order valence-corrected chi connectivity index (χ4v) is 2.02. The molecule has 11 heavy (non-hydrogen) atoms. The van der Waals surface area contributed by atoms with Crippen molar-refractivity contribution < 1.29 is 4.74 Å². The van der Waals surface area contributed by atoms with E-state index in [-0.39, 0.29) is 0 Å². The predicted molar refractivity (Wildman–Crippen MR) is 44.4 cm³/mol. The first-order chi connectivity index (χ1) is 5.35. The number of rotatable bonds is 2. The first kappa shape index (κ1) is 7.56. The van der Waals surface area contributed by atoms with Crippen molar-refractivity contribution in [3.63, 3.8) is 0 Å². The highest BCUT2D eigenvalue weighted by atomic mass is 16.5. The van der Waals surface area contributed by atoms with Crippen molar-refractivity contribution in [3.8, 4) is 0 Å². The van der Waals surface area contributed by atoms with Crippen LogP contribution in [0.5, 0.6) is 0 Å². The second-order valence-corrected chi connectivity index (χ2v) is 3.89. The van der Waals surface area contributed by atoms with Crippen LogP contribution in [0.1, 0.15) is 38.5 Å². The summed E-state index contributed by atoms with van der Waals surface area (Å²) in [6.07, 6.45) is 8.03. The monoisotopic (exact) mass is 155 g/mol. The molecule has 0 amide bonds. The minimum Gasteiger partial charge on any atom is -0.372 e. The van der Waals surface area contributed by atoms with Gasteiger partial charge in [-0.25, -0.2) is 0 Å². The van der Waals surface area contributed by atoms with Crippen LogP contribution in [0.3, 0.4) is 0 Å². The highest BCUT2D eigenvalue weighted by molar-refractivity contribution is 4.98. The molecule has 1 atom stereocenters. The lowest BCUT2D eigenvalue weighted by Crippen LogP contribution is -2.30. The zero-order valence-electron chi connectivity index (χ0n) is 7.01. The van der Waals surface area contributed by atoms with Crippen LogP contribution in [0.25, 0.3) is 0 Å². The summed E-state index contributed by atoms with van der Waals surface area (Å²) < 4.78 is 5.95. The quantitative estimate of drug-likeness (QED) is 0.655. The average molecular weight is 155 g/mol. The molecular weight excluding hydrogens is 138 g/mol. The number of ether oxygens (including phenoxy) is 1. The zero-order chi connectivity index (χ0) is 7.73. The second-order valence-electron chi connectivity index (χ2n) is 3.89. The van der Waals surface area contributed by atoms with E-state index in [9.17, 15) is 0 Å². The van der Waals surface area contributed by atoms with Gasteiger partial charge in [0.2, 0.25) is 0 Å². The first-order valence-electron chi connectivity index (χ1n) is 4.73. The molecule has 64 valence electrons. The first-order valence-corrected chi connectivity index (χ1v) is 4.73. The third-order valence-corrected chi connectivity index (χ3v) is 2.87. The fraction of sp³-hybridized carbons (Fsp3) is 1.00. The van der Waals surface area contributed by atoms with Crippen LogP contribution in [0.15, 0.2) is 0 Å². The summed E-state index contributed by atoms with van der Waals surface area (Å²) in [6.45, 7) is 0.779. The molecule has 1 heterocycles. The lowest BCUT2D eigenvalue weighted by Gasteiger charge is -2.29. The normalized spacial score (nSPS) is 34.1. The largest absolute Gasteiger partial charge is 0.372 e. The van der Waals surface area contributed by atoms with Crippen molar-refractivity contribution in [1.82, 2.24) is 0 Å². The maximum atomic E-state index is 5.95. The van der Waals surface area contributed by atoms with Crippen molar-refractivity contribution in [1.29, 1.82) is 0 Å². The molecule has 1 spiro atoms. The Balaban J connectivity index is 1.83. The average Bonchev–Trinajstić information content (AvgIpc) is 2.70. The van der Waals surface area contributed by atoms with Crippen LogP contribution < -0.4 is 5.73 Å². The van der Waals surface area contributed by atoms with Gasteiger partial charge in [-0.2, -0.15) is 0 Å². The van der Waals surface area contributed by atoms with Gasteiger partial charge in [-0.05, 0) is 45.1 Å². The molecule has 0 aromatic heterocycles. The smallest absolute Gasteiger partial charge is 0.0688 e. The van der Waals surface area contributed by atoms with Crippen molar-refractivity contribution >= 4 is 0 Å². The molecular formula is C9H17NO. The predicted octanol–water partition coefficient (Wildman–Crippen LogP) is 1.44. The van der Waals surface area contributed by atoms with Gasteiger partial charge in [0.15, 0.2) is 0 Å². The van der Waals surface area contributed by atoms with Crippen LogP contribution in [0, 0.1) is 0 Å². The van der Waals surface area contributed by atoms with E-state index in [1.807, 2.05) is 0 Å². The Morgan fingerprint density at radius 3 is 2.82 bits per heavy atom.